The number of hydrogen-bond acceptors (Lipinski definition) is 1. The molecule has 0 aliphatic heterocycles. The van der Waals surface area contributed by atoms with Gasteiger partial charge in [-0.2, -0.15) is 0 Å². The summed E-state index contributed by atoms with van der Waals surface area (Å²) in [6.45, 7) is 2.29. The van der Waals surface area contributed by atoms with E-state index in [-0.39, 0.29) is 0 Å². The zero-order chi connectivity index (χ0) is 13.0. The van der Waals surface area contributed by atoms with Crippen molar-refractivity contribution in [2.24, 2.45) is 11.8 Å². The van der Waals surface area contributed by atoms with Crippen molar-refractivity contribution in [3.8, 4) is 5.75 Å². The first-order valence-electron chi connectivity index (χ1n) is 7.11. The van der Waals surface area contributed by atoms with Crippen molar-refractivity contribution < 1.29 is 5.11 Å². The van der Waals surface area contributed by atoms with Gasteiger partial charge in [0.25, 0.3) is 0 Å². The summed E-state index contributed by atoms with van der Waals surface area (Å²) in [6.07, 6.45) is 7.87. The number of aromatic hydroxyl groups is 1. The second-order valence-electron chi connectivity index (χ2n) is 5.61. The second-order valence-corrected chi connectivity index (χ2v) is 6.79. The van der Waals surface area contributed by atoms with Crippen molar-refractivity contribution in [3.63, 3.8) is 0 Å². The van der Waals surface area contributed by atoms with Crippen molar-refractivity contribution in [3.05, 3.63) is 29.8 Å². The summed E-state index contributed by atoms with van der Waals surface area (Å²) in [6, 6.07) is 7.70. The average Bonchev–Trinajstić information content (AvgIpc) is 2.36. The van der Waals surface area contributed by atoms with Crippen LogP contribution in [0.1, 0.15) is 44.6 Å². The molecule has 3 atom stereocenters. The molecule has 100 valence electrons. The van der Waals surface area contributed by atoms with Crippen LogP contribution in [0.25, 0.3) is 0 Å². The van der Waals surface area contributed by atoms with Crippen LogP contribution in [0, 0.1) is 11.8 Å². The van der Waals surface area contributed by atoms with Gasteiger partial charge in [-0.3, -0.25) is 0 Å². The van der Waals surface area contributed by atoms with E-state index in [0.29, 0.717) is 10.6 Å². The summed E-state index contributed by atoms with van der Waals surface area (Å²) in [7, 11) is 0. The zero-order valence-corrected chi connectivity index (χ0v) is 12.7. The van der Waals surface area contributed by atoms with Gasteiger partial charge in [0.05, 0.1) is 0 Å². The maximum atomic E-state index is 9.32. The predicted octanol–water partition coefficient (Wildman–Crippen LogP) is 4.91. The number of alkyl halides is 1. The molecule has 0 radical (unpaired) electrons. The molecule has 0 aromatic heterocycles. The van der Waals surface area contributed by atoms with E-state index in [0.717, 1.165) is 18.3 Å². The summed E-state index contributed by atoms with van der Waals surface area (Å²) in [5.41, 5.74) is 1.35. The van der Waals surface area contributed by atoms with Gasteiger partial charge >= 0.3 is 0 Å². The van der Waals surface area contributed by atoms with Gasteiger partial charge in [-0.25, -0.2) is 0 Å². The lowest BCUT2D eigenvalue weighted by Gasteiger charge is -2.33. The first-order valence-corrected chi connectivity index (χ1v) is 8.02. The molecule has 1 nitrogen and oxygen atoms in total. The standard InChI is InChI=1S/C16H23BrO/c1-2-3-12-6-9-16(17)14(10-12)11-13-4-7-15(18)8-5-13/h4-5,7-8,12,14,16,18H,2-3,6,9-11H2,1H3. The number of phenols is 1. The maximum absolute atomic E-state index is 9.32. The smallest absolute Gasteiger partial charge is 0.115 e. The van der Waals surface area contributed by atoms with Crippen molar-refractivity contribution in [2.45, 2.75) is 50.3 Å². The summed E-state index contributed by atoms with van der Waals surface area (Å²) in [5, 5.41) is 9.32. The number of phenolic OH excluding ortho intramolecular Hbond substituents is 1. The highest BCUT2D eigenvalue weighted by molar-refractivity contribution is 9.09. The minimum atomic E-state index is 0.363. The van der Waals surface area contributed by atoms with Crippen LogP contribution in [0.3, 0.4) is 0 Å². The first-order chi connectivity index (χ1) is 8.69. The predicted molar refractivity (Wildman–Crippen MR) is 80.3 cm³/mol. The SMILES string of the molecule is CCCC1CCC(Br)C(Cc2ccc(O)cc2)C1. The molecule has 2 heteroatoms. The van der Waals surface area contributed by atoms with Crippen LogP contribution in [-0.4, -0.2) is 9.93 Å². The molecular formula is C16H23BrO. The second kappa shape index (κ2) is 6.60. The molecule has 1 N–H and O–H groups in total. The van der Waals surface area contributed by atoms with Crippen molar-refractivity contribution >= 4 is 15.9 Å². The minimum Gasteiger partial charge on any atom is -0.508 e. The van der Waals surface area contributed by atoms with Crippen molar-refractivity contribution in [1.29, 1.82) is 0 Å². The highest BCUT2D eigenvalue weighted by Crippen LogP contribution is 2.37. The number of benzene rings is 1. The molecule has 0 saturated heterocycles. The van der Waals surface area contributed by atoms with Crippen LogP contribution in [0.5, 0.6) is 5.75 Å². The maximum Gasteiger partial charge on any atom is 0.115 e. The van der Waals surface area contributed by atoms with Crippen LogP contribution in [0.2, 0.25) is 0 Å². The third-order valence-corrected chi connectivity index (χ3v) is 5.33. The lowest BCUT2D eigenvalue weighted by atomic mass is 9.77. The van der Waals surface area contributed by atoms with Gasteiger partial charge in [0.1, 0.15) is 5.75 Å². The molecule has 0 amide bonds. The molecule has 2 rings (SSSR count). The summed E-state index contributed by atoms with van der Waals surface area (Å²) >= 11 is 3.86. The molecule has 0 bridgehead atoms. The Bertz CT molecular complexity index is 360. The van der Waals surface area contributed by atoms with E-state index in [4.69, 9.17) is 0 Å². The van der Waals surface area contributed by atoms with Crippen LogP contribution >= 0.6 is 15.9 Å². The normalized spacial score (nSPS) is 28.2. The molecule has 18 heavy (non-hydrogen) atoms. The van der Waals surface area contributed by atoms with Crippen molar-refractivity contribution in [2.75, 3.05) is 0 Å². The molecule has 1 aromatic rings. The fourth-order valence-corrected chi connectivity index (χ4v) is 3.81. The highest BCUT2D eigenvalue weighted by Gasteiger charge is 2.28. The first kappa shape index (κ1) is 13.9. The molecule has 1 saturated carbocycles. The minimum absolute atomic E-state index is 0.363. The summed E-state index contributed by atoms with van der Waals surface area (Å²) < 4.78 is 0. The van der Waals surface area contributed by atoms with E-state index in [1.165, 1.54) is 37.7 Å². The number of halogens is 1. The zero-order valence-electron chi connectivity index (χ0n) is 11.1. The van der Waals surface area contributed by atoms with Gasteiger partial charge < -0.3 is 5.11 Å². The molecule has 1 aromatic carbocycles. The molecular weight excluding hydrogens is 288 g/mol. The van der Waals surface area contributed by atoms with Gasteiger partial charge in [0.15, 0.2) is 0 Å². The fraction of sp³-hybridized carbons (Fsp3) is 0.625. The number of hydrogen-bond donors (Lipinski definition) is 1. The van der Waals surface area contributed by atoms with Crippen LogP contribution in [-0.2, 0) is 6.42 Å². The van der Waals surface area contributed by atoms with Crippen LogP contribution in [0.15, 0.2) is 24.3 Å². The van der Waals surface area contributed by atoms with Crippen LogP contribution in [0.4, 0.5) is 0 Å². The quantitative estimate of drug-likeness (QED) is 0.783. The van der Waals surface area contributed by atoms with E-state index >= 15 is 0 Å². The van der Waals surface area contributed by atoms with Gasteiger partial charge in [-0.15, -0.1) is 0 Å². The Balaban J connectivity index is 1.95. The van der Waals surface area contributed by atoms with Gasteiger partial charge in [-0.1, -0.05) is 47.8 Å². The monoisotopic (exact) mass is 310 g/mol. The van der Waals surface area contributed by atoms with Gasteiger partial charge in [-0.05, 0) is 55.2 Å². The molecule has 1 aliphatic carbocycles. The Labute approximate surface area is 119 Å². The lowest BCUT2D eigenvalue weighted by molar-refractivity contribution is 0.263. The molecule has 0 spiro atoms. The Hall–Kier alpha value is -0.500. The third kappa shape index (κ3) is 3.74. The Morgan fingerprint density at radius 1 is 1.22 bits per heavy atom. The summed E-state index contributed by atoms with van der Waals surface area (Å²) in [5.74, 6) is 2.03. The van der Waals surface area contributed by atoms with Crippen LogP contribution < -0.4 is 0 Å². The lowest BCUT2D eigenvalue weighted by Crippen LogP contribution is -2.26. The Morgan fingerprint density at radius 2 is 1.94 bits per heavy atom. The van der Waals surface area contributed by atoms with Gasteiger partial charge in [0.2, 0.25) is 0 Å². The van der Waals surface area contributed by atoms with E-state index in [1.54, 1.807) is 12.1 Å². The third-order valence-electron chi connectivity index (χ3n) is 4.13. The van der Waals surface area contributed by atoms with E-state index in [2.05, 4.69) is 35.0 Å². The molecule has 3 unspecified atom stereocenters. The number of rotatable bonds is 4. The summed E-state index contributed by atoms with van der Waals surface area (Å²) in [4.78, 5) is 0.666. The Kier molecular flexibility index (Phi) is 5.11. The average molecular weight is 311 g/mol. The molecule has 0 heterocycles. The molecule has 1 fully saturated rings. The van der Waals surface area contributed by atoms with Crippen molar-refractivity contribution in [1.82, 2.24) is 0 Å². The van der Waals surface area contributed by atoms with E-state index in [1.807, 2.05) is 0 Å². The largest absolute Gasteiger partial charge is 0.508 e. The fourth-order valence-electron chi connectivity index (χ4n) is 3.14. The highest BCUT2D eigenvalue weighted by atomic mass is 79.9. The van der Waals surface area contributed by atoms with E-state index in [9.17, 15) is 5.11 Å². The Morgan fingerprint density at radius 3 is 2.61 bits per heavy atom. The topological polar surface area (TPSA) is 20.2 Å². The molecule has 1 aliphatic rings. The van der Waals surface area contributed by atoms with Gasteiger partial charge in [0, 0.05) is 4.83 Å². The van der Waals surface area contributed by atoms with E-state index < -0.39 is 0 Å².